The standard InChI is InChI=1S/C15H22N2O2/c1-2-17-15(18)7-9-16-11-14-13-6-4-3-5-12(13)8-10-19-14/h3-6,14,16H,2,7-11H2,1H3,(H,17,18). The van der Waals surface area contributed by atoms with Crippen LogP contribution in [0.3, 0.4) is 0 Å². The highest BCUT2D eigenvalue weighted by Crippen LogP contribution is 2.25. The lowest BCUT2D eigenvalue weighted by Gasteiger charge is -2.26. The minimum absolute atomic E-state index is 0.0972. The van der Waals surface area contributed by atoms with Crippen LogP contribution in [0, 0.1) is 0 Å². The molecule has 1 atom stereocenters. The number of rotatable bonds is 6. The average molecular weight is 262 g/mol. The molecule has 1 heterocycles. The summed E-state index contributed by atoms with van der Waals surface area (Å²) in [6.45, 7) is 4.85. The molecule has 0 fully saturated rings. The maximum Gasteiger partial charge on any atom is 0.221 e. The lowest BCUT2D eigenvalue weighted by Crippen LogP contribution is -2.31. The van der Waals surface area contributed by atoms with Crippen molar-refractivity contribution in [2.45, 2.75) is 25.9 Å². The van der Waals surface area contributed by atoms with Crippen LogP contribution in [0.4, 0.5) is 0 Å². The number of nitrogens with one attached hydrogen (secondary N) is 2. The lowest BCUT2D eigenvalue weighted by atomic mass is 9.97. The Morgan fingerprint density at radius 1 is 1.42 bits per heavy atom. The van der Waals surface area contributed by atoms with E-state index in [1.165, 1.54) is 11.1 Å². The van der Waals surface area contributed by atoms with E-state index in [0.717, 1.165) is 19.6 Å². The predicted octanol–water partition coefficient (Wildman–Crippen LogP) is 1.42. The van der Waals surface area contributed by atoms with Crippen molar-refractivity contribution >= 4 is 5.91 Å². The first-order valence-corrected chi connectivity index (χ1v) is 6.98. The maximum absolute atomic E-state index is 11.3. The molecule has 4 heteroatoms. The SMILES string of the molecule is CCNC(=O)CCNCC1OCCc2ccccc21. The first kappa shape index (κ1) is 14.0. The molecule has 0 aromatic heterocycles. The predicted molar refractivity (Wildman–Crippen MR) is 75.0 cm³/mol. The summed E-state index contributed by atoms with van der Waals surface area (Å²) in [5.74, 6) is 0.0972. The monoisotopic (exact) mass is 262 g/mol. The summed E-state index contributed by atoms with van der Waals surface area (Å²) < 4.78 is 5.80. The van der Waals surface area contributed by atoms with Crippen molar-refractivity contribution in [3.05, 3.63) is 35.4 Å². The van der Waals surface area contributed by atoms with Gasteiger partial charge in [-0.2, -0.15) is 0 Å². The van der Waals surface area contributed by atoms with Crippen LogP contribution in [-0.2, 0) is 16.0 Å². The van der Waals surface area contributed by atoms with Gasteiger partial charge in [0.25, 0.3) is 0 Å². The Labute approximate surface area is 114 Å². The zero-order valence-electron chi connectivity index (χ0n) is 11.4. The molecule has 1 aromatic carbocycles. The molecular formula is C15H22N2O2. The van der Waals surface area contributed by atoms with Crippen molar-refractivity contribution in [1.82, 2.24) is 10.6 Å². The summed E-state index contributed by atoms with van der Waals surface area (Å²) in [6, 6.07) is 8.42. The zero-order chi connectivity index (χ0) is 13.5. The third-order valence-electron chi connectivity index (χ3n) is 3.32. The molecule has 104 valence electrons. The van der Waals surface area contributed by atoms with Gasteiger partial charge in [-0.3, -0.25) is 4.79 Å². The summed E-state index contributed by atoms with van der Waals surface area (Å²) in [6.07, 6.45) is 1.62. The Hall–Kier alpha value is -1.39. The van der Waals surface area contributed by atoms with E-state index >= 15 is 0 Å². The number of fused-ring (bicyclic) bond motifs is 1. The van der Waals surface area contributed by atoms with E-state index in [2.05, 4.69) is 34.9 Å². The number of carbonyl (C=O) groups is 1. The number of hydrogen-bond donors (Lipinski definition) is 2. The van der Waals surface area contributed by atoms with Crippen LogP contribution in [0.15, 0.2) is 24.3 Å². The van der Waals surface area contributed by atoms with Gasteiger partial charge >= 0.3 is 0 Å². The molecule has 19 heavy (non-hydrogen) atoms. The van der Waals surface area contributed by atoms with Gasteiger partial charge in [0.2, 0.25) is 5.91 Å². The Balaban J connectivity index is 1.77. The molecule has 0 saturated carbocycles. The van der Waals surface area contributed by atoms with Crippen molar-refractivity contribution in [1.29, 1.82) is 0 Å². The third kappa shape index (κ3) is 4.04. The molecule has 1 amide bonds. The van der Waals surface area contributed by atoms with Crippen LogP contribution in [0.5, 0.6) is 0 Å². The van der Waals surface area contributed by atoms with Crippen LogP contribution >= 0.6 is 0 Å². The Morgan fingerprint density at radius 3 is 3.11 bits per heavy atom. The second-order valence-electron chi connectivity index (χ2n) is 4.72. The van der Waals surface area contributed by atoms with E-state index in [4.69, 9.17) is 4.74 Å². The van der Waals surface area contributed by atoms with Crippen LogP contribution in [0.1, 0.15) is 30.6 Å². The third-order valence-corrected chi connectivity index (χ3v) is 3.32. The van der Waals surface area contributed by atoms with E-state index in [0.29, 0.717) is 19.5 Å². The second-order valence-corrected chi connectivity index (χ2v) is 4.72. The first-order valence-electron chi connectivity index (χ1n) is 6.98. The van der Waals surface area contributed by atoms with Crippen molar-refractivity contribution in [2.75, 3.05) is 26.2 Å². The van der Waals surface area contributed by atoms with Crippen LogP contribution in [0.2, 0.25) is 0 Å². The molecule has 0 bridgehead atoms. The topological polar surface area (TPSA) is 50.4 Å². The van der Waals surface area contributed by atoms with Gasteiger partial charge in [0, 0.05) is 26.1 Å². The van der Waals surface area contributed by atoms with Crippen molar-refractivity contribution in [2.24, 2.45) is 0 Å². The highest BCUT2D eigenvalue weighted by Gasteiger charge is 2.19. The van der Waals surface area contributed by atoms with Gasteiger partial charge in [0.05, 0.1) is 12.7 Å². The van der Waals surface area contributed by atoms with E-state index in [1.54, 1.807) is 0 Å². The van der Waals surface area contributed by atoms with Crippen LogP contribution in [0.25, 0.3) is 0 Å². The first-order chi connectivity index (χ1) is 9.31. The molecule has 1 aliphatic rings. The van der Waals surface area contributed by atoms with Crippen LogP contribution < -0.4 is 10.6 Å². The van der Waals surface area contributed by atoms with E-state index in [1.807, 2.05) is 6.92 Å². The number of carbonyl (C=O) groups excluding carboxylic acids is 1. The summed E-state index contributed by atoms with van der Waals surface area (Å²) >= 11 is 0. The summed E-state index contributed by atoms with van der Waals surface area (Å²) in [7, 11) is 0. The Bertz CT molecular complexity index is 420. The normalized spacial score (nSPS) is 17.8. The average Bonchev–Trinajstić information content (AvgIpc) is 2.44. The smallest absolute Gasteiger partial charge is 0.221 e. The molecule has 1 aliphatic heterocycles. The van der Waals surface area contributed by atoms with Gasteiger partial charge in [-0.25, -0.2) is 0 Å². The molecule has 2 rings (SSSR count). The Kier molecular flexibility index (Phi) is 5.36. The number of hydrogen-bond acceptors (Lipinski definition) is 3. The number of amides is 1. The fourth-order valence-corrected chi connectivity index (χ4v) is 2.37. The second kappa shape index (κ2) is 7.26. The van der Waals surface area contributed by atoms with Crippen molar-refractivity contribution < 1.29 is 9.53 Å². The van der Waals surface area contributed by atoms with Gasteiger partial charge in [-0.05, 0) is 24.5 Å². The van der Waals surface area contributed by atoms with E-state index in [9.17, 15) is 4.79 Å². The number of ether oxygens (including phenoxy) is 1. The molecule has 1 aromatic rings. The van der Waals surface area contributed by atoms with Gasteiger partial charge in [-0.15, -0.1) is 0 Å². The molecule has 2 N–H and O–H groups in total. The molecule has 0 aliphatic carbocycles. The Morgan fingerprint density at radius 2 is 2.26 bits per heavy atom. The quantitative estimate of drug-likeness (QED) is 0.762. The highest BCUT2D eigenvalue weighted by atomic mass is 16.5. The highest BCUT2D eigenvalue weighted by molar-refractivity contribution is 5.75. The molecule has 4 nitrogen and oxygen atoms in total. The zero-order valence-corrected chi connectivity index (χ0v) is 11.4. The van der Waals surface area contributed by atoms with Crippen molar-refractivity contribution in [3.63, 3.8) is 0 Å². The molecule has 0 spiro atoms. The van der Waals surface area contributed by atoms with E-state index < -0.39 is 0 Å². The van der Waals surface area contributed by atoms with Gasteiger partial charge < -0.3 is 15.4 Å². The van der Waals surface area contributed by atoms with Crippen LogP contribution in [-0.4, -0.2) is 32.1 Å². The van der Waals surface area contributed by atoms with Gasteiger partial charge in [0.15, 0.2) is 0 Å². The molecular weight excluding hydrogens is 240 g/mol. The van der Waals surface area contributed by atoms with Gasteiger partial charge in [-0.1, -0.05) is 24.3 Å². The molecule has 1 unspecified atom stereocenters. The summed E-state index contributed by atoms with van der Waals surface area (Å²) in [4.78, 5) is 11.3. The minimum atomic E-state index is 0.0972. The summed E-state index contributed by atoms with van der Waals surface area (Å²) in [5, 5.41) is 6.09. The number of benzene rings is 1. The summed E-state index contributed by atoms with van der Waals surface area (Å²) in [5.41, 5.74) is 2.66. The van der Waals surface area contributed by atoms with E-state index in [-0.39, 0.29) is 12.0 Å². The minimum Gasteiger partial charge on any atom is -0.372 e. The fraction of sp³-hybridized carbons (Fsp3) is 0.533. The van der Waals surface area contributed by atoms with Crippen molar-refractivity contribution in [3.8, 4) is 0 Å². The lowest BCUT2D eigenvalue weighted by molar-refractivity contribution is -0.120. The molecule has 0 radical (unpaired) electrons. The molecule has 0 saturated heterocycles. The largest absolute Gasteiger partial charge is 0.372 e. The maximum atomic E-state index is 11.3. The van der Waals surface area contributed by atoms with Gasteiger partial charge in [0.1, 0.15) is 0 Å². The fourth-order valence-electron chi connectivity index (χ4n) is 2.37.